The van der Waals surface area contributed by atoms with E-state index < -0.39 is 11.9 Å². The van der Waals surface area contributed by atoms with Crippen molar-refractivity contribution in [1.29, 1.82) is 0 Å². The first-order chi connectivity index (χ1) is 14.4. The van der Waals surface area contributed by atoms with Crippen LogP contribution in [0.15, 0.2) is 48.5 Å². The van der Waals surface area contributed by atoms with Crippen LogP contribution >= 0.6 is 0 Å². The number of piperazine rings is 1. The monoisotopic (exact) mass is 416 g/mol. The van der Waals surface area contributed by atoms with Crippen LogP contribution in [0.1, 0.15) is 18.1 Å². The summed E-state index contributed by atoms with van der Waals surface area (Å²) >= 11 is 0. The minimum atomic E-state index is -1.82. The molecule has 30 heavy (non-hydrogen) atoms. The highest BCUT2D eigenvalue weighted by Gasteiger charge is 2.17. The molecule has 0 amide bonds. The summed E-state index contributed by atoms with van der Waals surface area (Å²) in [5.74, 6) is -2.85. The minimum absolute atomic E-state index is 0.216. The first kappa shape index (κ1) is 23.2. The van der Waals surface area contributed by atoms with Gasteiger partial charge in [-0.15, -0.1) is 0 Å². The Bertz CT molecular complexity index is 808. The van der Waals surface area contributed by atoms with E-state index in [0.717, 1.165) is 39.3 Å². The topological polar surface area (TPSA) is 111 Å². The zero-order chi connectivity index (χ0) is 21.9. The molecule has 2 aromatic rings. The molecule has 0 spiro atoms. The van der Waals surface area contributed by atoms with Gasteiger partial charge >= 0.3 is 11.9 Å². The summed E-state index contributed by atoms with van der Waals surface area (Å²) < 4.78 is 5.47. The maximum Gasteiger partial charge on any atom is 0.414 e. The lowest BCUT2D eigenvalue weighted by Gasteiger charge is -2.34. The van der Waals surface area contributed by atoms with Gasteiger partial charge in [-0.2, -0.15) is 0 Å². The molecular formula is C22H28N2O6. The van der Waals surface area contributed by atoms with E-state index >= 15 is 0 Å². The number of nitrogens with zero attached hydrogens (tertiary/aromatic N) is 2. The van der Waals surface area contributed by atoms with Gasteiger partial charge in [0.1, 0.15) is 0 Å². The van der Waals surface area contributed by atoms with E-state index in [1.54, 1.807) is 6.07 Å². The van der Waals surface area contributed by atoms with Gasteiger partial charge in [-0.25, -0.2) is 9.59 Å². The Balaban J connectivity index is 0.000000469. The third kappa shape index (κ3) is 7.73. The summed E-state index contributed by atoms with van der Waals surface area (Å²) in [5.41, 5.74) is 2.57. The molecule has 1 saturated heterocycles. The second-order valence-corrected chi connectivity index (χ2v) is 6.88. The Hall–Kier alpha value is -3.10. The van der Waals surface area contributed by atoms with Crippen LogP contribution in [0.25, 0.3) is 0 Å². The number of aliphatic carboxylic acids is 2. The van der Waals surface area contributed by atoms with Crippen molar-refractivity contribution in [2.45, 2.75) is 20.0 Å². The second kappa shape index (κ2) is 11.8. The van der Waals surface area contributed by atoms with E-state index in [0.29, 0.717) is 12.4 Å². The summed E-state index contributed by atoms with van der Waals surface area (Å²) in [7, 11) is 0. The smallest absolute Gasteiger partial charge is 0.414 e. The molecule has 162 valence electrons. The Morgan fingerprint density at radius 3 is 1.90 bits per heavy atom. The molecule has 1 aliphatic heterocycles. The molecular weight excluding hydrogens is 388 g/mol. The average Bonchev–Trinajstić information content (AvgIpc) is 2.73. The molecule has 8 heteroatoms. The number of hydrogen-bond acceptors (Lipinski definition) is 6. The number of carboxylic acids is 2. The molecule has 0 aliphatic carbocycles. The summed E-state index contributed by atoms with van der Waals surface area (Å²) in [5, 5.41) is 24.6. The number of carbonyl (C=O) groups is 2. The molecule has 0 atom stereocenters. The molecule has 0 aromatic heterocycles. The van der Waals surface area contributed by atoms with Crippen molar-refractivity contribution in [3.8, 4) is 11.5 Å². The van der Waals surface area contributed by atoms with Gasteiger partial charge in [-0.1, -0.05) is 36.4 Å². The van der Waals surface area contributed by atoms with Crippen LogP contribution in [0.3, 0.4) is 0 Å². The zero-order valence-corrected chi connectivity index (χ0v) is 17.0. The van der Waals surface area contributed by atoms with Crippen LogP contribution in [0.2, 0.25) is 0 Å². The number of benzene rings is 2. The summed E-state index contributed by atoms with van der Waals surface area (Å²) in [6.07, 6.45) is 0. The summed E-state index contributed by atoms with van der Waals surface area (Å²) in [6, 6.07) is 16.3. The van der Waals surface area contributed by atoms with Crippen molar-refractivity contribution < 1.29 is 29.6 Å². The zero-order valence-electron chi connectivity index (χ0n) is 17.0. The number of hydrogen-bond donors (Lipinski definition) is 3. The molecule has 8 nitrogen and oxygen atoms in total. The van der Waals surface area contributed by atoms with Crippen molar-refractivity contribution in [3.05, 3.63) is 59.7 Å². The summed E-state index contributed by atoms with van der Waals surface area (Å²) in [6.45, 7) is 8.74. The van der Waals surface area contributed by atoms with Gasteiger partial charge in [-0.05, 0) is 30.2 Å². The number of aromatic hydroxyl groups is 1. The highest BCUT2D eigenvalue weighted by Crippen LogP contribution is 2.27. The van der Waals surface area contributed by atoms with Crippen molar-refractivity contribution in [3.63, 3.8) is 0 Å². The number of carboxylic acid groups (broad SMARTS) is 2. The fraction of sp³-hybridized carbons (Fsp3) is 0.364. The van der Waals surface area contributed by atoms with Crippen molar-refractivity contribution in [1.82, 2.24) is 9.80 Å². The minimum Gasteiger partial charge on any atom is -0.504 e. The van der Waals surface area contributed by atoms with Crippen LogP contribution in [-0.2, 0) is 22.7 Å². The van der Waals surface area contributed by atoms with Crippen LogP contribution in [0.4, 0.5) is 0 Å². The largest absolute Gasteiger partial charge is 0.504 e. The lowest BCUT2D eigenvalue weighted by Crippen LogP contribution is -2.45. The predicted octanol–water partition coefficient (Wildman–Crippen LogP) is 2.26. The van der Waals surface area contributed by atoms with Gasteiger partial charge in [0.25, 0.3) is 0 Å². The van der Waals surface area contributed by atoms with E-state index in [4.69, 9.17) is 24.5 Å². The molecule has 0 unspecified atom stereocenters. The third-order valence-electron chi connectivity index (χ3n) is 4.63. The average molecular weight is 416 g/mol. The fourth-order valence-corrected chi connectivity index (χ4v) is 3.13. The molecule has 3 rings (SSSR count). The maximum atomic E-state index is 9.80. The predicted molar refractivity (Wildman–Crippen MR) is 112 cm³/mol. The molecule has 2 aromatic carbocycles. The number of ether oxygens (including phenoxy) is 1. The van der Waals surface area contributed by atoms with Gasteiger partial charge < -0.3 is 20.1 Å². The first-order valence-electron chi connectivity index (χ1n) is 9.78. The van der Waals surface area contributed by atoms with Crippen molar-refractivity contribution in [2.24, 2.45) is 0 Å². The third-order valence-corrected chi connectivity index (χ3v) is 4.63. The van der Waals surface area contributed by atoms with Crippen LogP contribution in [0, 0.1) is 0 Å². The first-order valence-corrected chi connectivity index (χ1v) is 9.78. The lowest BCUT2D eigenvalue weighted by molar-refractivity contribution is -0.159. The quantitative estimate of drug-likeness (QED) is 0.615. The standard InChI is InChI=1S/C20H26N2O2.C2H2O4/c1-2-24-20-14-18(8-9-19(20)23)16-22-12-10-21(11-13-22)15-17-6-4-3-5-7-17;3-1(4)2(5)6/h3-9,14,23H,2,10-13,15-16H2,1H3;(H,3,4)(H,5,6). The SMILES string of the molecule is CCOc1cc(CN2CCN(Cc3ccccc3)CC2)ccc1O.O=C(O)C(=O)O. The molecule has 1 heterocycles. The van der Waals surface area contributed by atoms with E-state index in [9.17, 15) is 5.11 Å². The van der Waals surface area contributed by atoms with E-state index in [1.807, 2.05) is 19.1 Å². The maximum absolute atomic E-state index is 9.80. The molecule has 1 aliphatic rings. The number of phenols is 1. The van der Waals surface area contributed by atoms with E-state index in [2.05, 4.69) is 40.1 Å². The highest BCUT2D eigenvalue weighted by molar-refractivity contribution is 6.27. The number of phenolic OH excluding ortho intramolecular Hbond substituents is 1. The Morgan fingerprint density at radius 2 is 1.40 bits per heavy atom. The van der Waals surface area contributed by atoms with Gasteiger partial charge in [0.2, 0.25) is 0 Å². The van der Waals surface area contributed by atoms with Gasteiger partial charge in [0.05, 0.1) is 6.61 Å². The molecule has 3 N–H and O–H groups in total. The van der Waals surface area contributed by atoms with Crippen LogP contribution in [0.5, 0.6) is 11.5 Å². The molecule has 1 fully saturated rings. The second-order valence-electron chi connectivity index (χ2n) is 6.88. The molecule has 0 saturated carbocycles. The van der Waals surface area contributed by atoms with Crippen molar-refractivity contribution in [2.75, 3.05) is 32.8 Å². The normalized spacial score (nSPS) is 14.4. The van der Waals surface area contributed by atoms with E-state index in [-0.39, 0.29) is 5.75 Å². The van der Waals surface area contributed by atoms with Gasteiger partial charge in [0, 0.05) is 39.3 Å². The van der Waals surface area contributed by atoms with Crippen molar-refractivity contribution >= 4 is 11.9 Å². The fourth-order valence-electron chi connectivity index (χ4n) is 3.13. The molecule has 0 radical (unpaired) electrons. The van der Waals surface area contributed by atoms with Gasteiger partial charge in [0.15, 0.2) is 11.5 Å². The molecule has 0 bridgehead atoms. The Kier molecular flexibility index (Phi) is 9.11. The van der Waals surface area contributed by atoms with Crippen LogP contribution < -0.4 is 4.74 Å². The summed E-state index contributed by atoms with van der Waals surface area (Å²) in [4.78, 5) is 23.2. The van der Waals surface area contributed by atoms with Gasteiger partial charge in [-0.3, -0.25) is 9.80 Å². The van der Waals surface area contributed by atoms with Crippen LogP contribution in [-0.4, -0.2) is 69.8 Å². The highest BCUT2D eigenvalue weighted by atomic mass is 16.5. The Labute approximate surface area is 175 Å². The van der Waals surface area contributed by atoms with E-state index in [1.165, 1.54) is 11.1 Å². The number of rotatable bonds is 6. The Morgan fingerprint density at radius 1 is 0.867 bits per heavy atom. The lowest BCUT2D eigenvalue weighted by atomic mass is 10.1.